The molecular weight excluding hydrogens is 276 g/mol. The van der Waals surface area contributed by atoms with Gasteiger partial charge in [-0.1, -0.05) is 30.3 Å². The summed E-state index contributed by atoms with van der Waals surface area (Å²) in [6.45, 7) is 2.71. The van der Waals surface area contributed by atoms with Crippen molar-refractivity contribution in [1.29, 1.82) is 0 Å². The van der Waals surface area contributed by atoms with Gasteiger partial charge in [0.05, 0.1) is 17.5 Å². The van der Waals surface area contributed by atoms with Gasteiger partial charge in [-0.2, -0.15) is 5.10 Å². The number of nitrogens with one attached hydrogen (secondary N) is 1. The van der Waals surface area contributed by atoms with Crippen LogP contribution in [0, 0.1) is 0 Å². The van der Waals surface area contributed by atoms with E-state index in [0.29, 0.717) is 17.8 Å². The lowest BCUT2D eigenvalue weighted by molar-refractivity contribution is 0.102. The number of aryl methyl sites for hydroxylation is 1. The molecule has 0 aliphatic heterocycles. The highest BCUT2D eigenvalue weighted by atomic mass is 16.1. The third-order valence-corrected chi connectivity index (χ3v) is 3.37. The first-order valence-electron chi connectivity index (χ1n) is 7.12. The predicted octanol–water partition coefficient (Wildman–Crippen LogP) is 3.22. The number of hydrogen-bond donors (Lipinski definition) is 1. The molecule has 5 heteroatoms. The molecule has 0 saturated heterocycles. The molecule has 0 bridgehead atoms. The number of hydrogen-bond acceptors (Lipinski definition) is 3. The summed E-state index contributed by atoms with van der Waals surface area (Å²) in [5.41, 5.74) is 3.07. The van der Waals surface area contributed by atoms with Crippen LogP contribution in [0.1, 0.15) is 17.3 Å². The molecule has 110 valence electrons. The quantitative estimate of drug-likeness (QED) is 0.803. The number of anilines is 1. The van der Waals surface area contributed by atoms with Crippen molar-refractivity contribution in [3.8, 4) is 11.3 Å². The first-order chi connectivity index (χ1) is 10.8. The van der Waals surface area contributed by atoms with Gasteiger partial charge in [-0.15, -0.1) is 0 Å². The molecule has 2 heterocycles. The SMILES string of the molecule is CCn1ncc(C(=O)Nc2ccncc2)c1-c1ccccc1. The number of rotatable bonds is 4. The van der Waals surface area contributed by atoms with E-state index >= 15 is 0 Å². The van der Waals surface area contributed by atoms with Crippen LogP contribution in [-0.2, 0) is 6.54 Å². The van der Waals surface area contributed by atoms with Crippen molar-refractivity contribution in [1.82, 2.24) is 14.8 Å². The second-order valence-corrected chi connectivity index (χ2v) is 4.78. The topological polar surface area (TPSA) is 59.8 Å². The number of nitrogens with zero attached hydrogens (tertiary/aromatic N) is 3. The molecule has 1 N–H and O–H groups in total. The highest BCUT2D eigenvalue weighted by Crippen LogP contribution is 2.24. The van der Waals surface area contributed by atoms with E-state index in [1.54, 1.807) is 30.7 Å². The Kier molecular flexibility index (Phi) is 3.96. The Bertz CT molecular complexity index is 766. The molecule has 3 aromatic rings. The minimum absolute atomic E-state index is 0.176. The van der Waals surface area contributed by atoms with Crippen LogP contribution in [0.15, 0.2) is 61.1 Å². The molecule has 0 fully saturated rings. The Morgan fingerprint density at radius 1 is 1.14 bits per heavy atom. The summed E-state index contributed by atoms with van der Waals surface area (Å²) in [6, 6.07) is 13.3. The van der Waals surface area contributed by atoms with Gasteiger partial charge in [0, 0.05) is 30.2 Å². The van der Waals surface area contributed by atoms with Gasteiger partial charge >= 0.3 is 0 Å². The zero-order chi connectivity index (χ0) is 15.4. The number of aromatic nitrogens is 3. The summed E-state index contributed by atoms with van der Waals surface area (Å²) < 4.78 is 1.83. The highest BCUT2D eigenvalue weighted by molar-refractivity contribution is 6.08. The van der Waals surface area contributed by atoms with Crippen LogP contribution in [0.3, 0.4) is 0 Å². The number of benzene rings is 1. The number of carbonyl (C=O) groups excluding carboxylic acids is 1. The predicted molar refractivity (Wildman–Crippen MR) is 85.5 cm³/mol. The van der Waals surface area contributed by atoms with Crippen LogP contribution >= 0.6 is 0 Å². The van der Waals surface area contributed by atoms with Gasteiger partial charge in [0.15, 0.2) is 0 Å². The zero-order valence-electron chi connectivity index (χ0n) is 12.2. The normalized spacial score (nSPS) is 10.4. The maximum absolute atomic E-state index is 12.6. The van der Waals surface area contributed by atoms with E-state index in [-0.39, 0.29) is 5.91 Å². The summed E-state index contributed by atoms with van der Waals surface area (Å²) in [5.74, 6) is -0.176. The fourth-order valence-electron chi connectivity index (χ4n) is 2.33. The standard InChI is InChI=1S/C17H16N4O/c1-2-21-16(13-6-4-3-5-7-13)15(12-19-21)17(22)20-14-8-10-18-11-9-14/h3-12H,2H2,1H3,(H,18,20,22). The lowest BCUT2D eigenvalue weighted by Crippen LogP contribution is -2.13. The second-order valence-electron chi connectivity index (χ2n) is 4.78. The Balaban J connectivity index is 1.97. The maximum atomic E-state index is 12.6. The van der Waals surface area contributed by atoms with Gasteiger partial charge in [-0.25, -0.2) is 0 Å². The number of pyridine rings is 1. The van der Waals surface area contributed by atoms with Crippen LogP contribution in [0.4, 0.5) is 5.69 Å². The lowest BCUT2D eigenvalue weighted by Gasteiger charge is -2.09. The monoisotopic (exact) mass is 292 g/mol. The Morgan fingerprint density at radius 2 is 1.86 bits per heavy atom. The van der Waals surface area contributed by atoms with Crippen molar-refractivity contribution < 1.29 is 4.79 Å². The molecule has 0 spiro atoms. The summed E-state index contributed by atoms with van der Waals surface area (Å²) in [5, 5.41) is 7.19. The zero-order valence-corrected chi connectivity index (χ0v) is 12.2. The van der Waals surface area contributed by atoms with Crippen LogP contribution in [0.25, 0.3) is 11.3 Å². The van der Waals surface area contributed by atoms with Crippen LogP contribution < -0.4 is 5.32 Å². The van der Waals surface area contributed by atoms with E-state index in [9.17, 15) is 4.79 Å². The Hall–Kier alpha value is -2.95. The minimum atomic E-state index is -0.176. The summed E-state index contributed by atoms with van der Waals surface area (Å²) in [7, 11) is 0. The molecule has 0 atom stereocenters. The van der Waals surface area contributed by atoms with Gasteiger partial charge < -0.3 is 5.32 Å². The first kappa shape index (κ1) is 14.0. The van der Waals surface area contributed by atoms with Gasteiger partial charge in [0.25, 0.3) is 5.91 Å². The molecular formula is C17H16N4O. The molecule has 22 heavy (non-hydrogen) atoms. The largest absolute Gasteiger partial charge is 0.322 e. The van der Waals surface area contributed by atoms with Gasteiger partial charge in [0.2, 0.25) is 0 Å². The highest BCUT2D eigenvalue weighted by Gasteiger charge is 2.18. The van der Waals surface area contributed by atoms with Crippen molar-refractivity contribution in [3.63, 3.8) is 0 Å². The van der Waals surface area contributed by atoms with Gasteiger partial charge in [-0.3, -0.25) is 14.5 Å². The summed E-state index contributed by atoms with van der Waals surface area (Å²) in [6.07, 6.45) is 4.90. The Morgan fingerprint density at radius 3 is 2.55 bits per heavy atom. The van der Waals surface area contributed by atoms with Crippen LogP contribution in [0.2, 0.25) is 0 Å². The molecule has 5 nitrogen and oxygen atoms in total. The Labute approximate surface area is 128 Å². The third kappa shape index (κ3) is 2.74. The van der Waals surface area contributed by atoms with Crippen molar-refractivity contribution in [2.75, 3.05) is 5.32 Å². The fourth-order valence-corrected chi connectivity index (χ4v) is 2.33. The molecule has 0 radical (unpaired) electrons. The second kappa shape index (κ2) is 6.22. The smallest absolute Gasteiger partial charge is 0.259 e. The lowest BCUT2D eigenvalue weighted by atomic mass is 10.1. The van der Waals surface area contributed by atoms with Gasteiger partial charge in [0.1, 0.15) is 0 Å². The number of amides is 1. The van der Waals surface area contributed by atoms with Crippen LogP contribution in [-0.4, -0.2) is 20.7 Å². The first-order valence-corrected chi connectivity index (χ1v) is 7.12. The molecule has 0 unspecified atom stereocenters. The van der Waals surface area contributed by atoms with Gasteiger partial charge in [-0.05, 0) is 19.1 Å². The van der Waals surface area contributed by atoms with E-state index < -0.39 is 0 Å². The van der Waals surface area contributed by atoms with E-state index in [2.05, 4.69) is 15.4 Å². The van der Waals surface area contributed by atoms with Crippen molar-refractivity contribution >= 4 is 11.6 Å². The van der Waals surface area contributed by atoms with Crippen LogP contribution in [0.5, 0.6) is 0 Å². The molecule has 0 aliphatic rings. The molecule has 0 saturated carbocycles. The maximum Gasteiger partial charge on any atom is 0.259 e. The summed E-state index contributed by atoms with van der Waals surface area (Å²) >= 11 is 0. The third-order valence-electron chi connectivity index (χ3n) is 3.37. The van der Waals surface area contributed by atoms with E-state index in [4.69, 9.17) is 0 Å². The number of carbonyl (C=O) groups is 1. The van der Waals surface area contributed by atoms with E-state index in [0.717, 1.165) is 11.3 Å². The van der Waals surface area contributed by atoms with Crippen molar-refractivity contribution in [2.24, 2.45) is 0 Å². The van der Waals surface area contributed by atoms with Crippen molar-refractivity contribution in [3.05, 3.63) is 66.6 Å². The molecule has 3 rings (SSSR count). The van der Waals surface area contributed by atoms with Crippen molar-refractivity contribution in [2.45, 2.75) is 13.5 Å². The van der Waals surface area contributed by atoms with E-state index in [1.165, 1.54) is 0 Å². The molecule has 1 aromatic carbocycles. The average Bonchev–Trinajstić information content (AvgIpc) is 3.00. The molecule has 1 amide bonds. The fraction of sp³-hybridized carbons (Fsp3) is 0.118. The van der Waals surface area contributed by atoms with E-state index in [1.807, 2.05) is 41.9 Å². The molecule has 0 aliphatic carbocycles. The molecule has 2 aromatic heterocycles. The average molecular weight is 292 g/mol. The summed E-state index contributed by atoms with van der Waals surface area (Å²) in [4.78, 5) is 16.5. The minimum Gasteiger partial charge on any atom is -0.322 e.